The van der Waals surface area contributed by atoms with E-state index in [1.54, 1.807) is 12.1 Å². The molecule has 0 unspecified atom stereocenters. The van der Waals surface area contributed by atoms with Gasteiger partial charge in [0.25, 0.3) is 0 Å². The van der Waals surface area contributed by atoms with E-state index in [4.69, 9.17) is 4.74 Å². The van der Waals surface area contributed by atoms with Crippen LogP contribution in [0.4, 0.5) is 4.39 Å². The summed E-state index contributed by atoms with van der Waals surface area (Å²) >= 11 is 0. The maximum absolute atomic E-state index is 13.4. The Kier molecular flexibility index (Phi) is 5.07. The molecule has 0 saturated carbocycles. The van der Waals surface area contributed by atoms with Gasteiger partial charge in [-0.1, -0.05) is 42.5 Å². The van der Waals surface area contributed by atoms with Crippen LogP contribution in [0.1, 0.15) is 16.7 Å². The lowest BCUT2D eigenvalue weighted by molar-refractivity contribution is 0.105. The second-order valence-electron chi connectivity index (χ2n) is 4.43. The number of nitrogens with one attached hydrogen (secondary N) is 1. The van der Waals surface area contributed by atoms with E-state index in [0.717, 1.165) is 12.1 Å². The number of rotatable bonds is 6. The summed E-state index contributed by atoms with van der Waals surface area (Å²) in [5.41, 5.74) is 2.92. The number of hydrogen-bond acceptors (Lipinski definition) is 2. The first-order valence-corrected chi connectivity index (χ1v) is 6.33. The Labute approximate surface area is 113 Å². The lowest BCUT2D eigenvalue weighted by Crippen LogP contribution is -2.04. The zero-order valence-corrected chi connectivity index (χ0v) is 11.0. The summed E-state index contributed by atoms with van der Waals surface area (Å²) in [4.78, 5) is 0. The Morgan fingerprint density at radius 2 is 1.63 bits per heavy atom. The molecule has 0 aliphatic carbocycles. The average Bonchev–Trinajstić information content (AvgIpc) is 2.43. The molecule has 2 rings (SSSR count). The van der Waals surface area contributed by atoms with E-state index in [9.17, 15) is 4.39 Å². The van der Waals surface area contributed by atoms with Crippen LogP contribution < -0.4 is 5.32 Å². The van der Waals surface area contributed by atoms with Crippen LogP contribution in [0.2, 0.25) is 0 Å². The molecule has 2 aromatic carbocycles. The molecular weight excluding hydrogens is 241 g/mol. The quantitative estimate of drug-likeness (QED) is 0.859. The van der Waals surface area contributed by atoms with E-state index >= 15 is 0 Å². The standard InChI is InChI=1S/C16H18FNO/c1-18-10-13-6-8-14(9-7-13)11-19-12-15-4-2-3-5-16(15)17/h2-9,18H,10-12H2,1H3. The smallest absolute Gasteiger partial charge is 0.128 e. The van der Waals surface area contributed by atoms with E-state index in [1.165, 1.54) is 11.6 Å². The van der Waals surface area contributed by atoms with Gasteiger partial charge in [-0.2, -0.15) is 0 Å². The average molecular weight is 259 g/mol. The van der Waals surface area contributed by atoms with Crippen LogP contribution in [0.5, 0.6) is 0 Å². The van der Waals surface area contributed by atoms with Gasteiger partial charge in [0.05, 0.1) is 13.2 Å². The molecule has 3 heteroatoms. The summed E-state index contributed by atoms with van der Waals surface area (Å²) in [5, 5.41) is 3.10. The molecular formula is C16H18FNO. The van der Waals surface area contributed by atoms with Gasteiger partial charge in [0.1, 0.15) is 5.82 Å². The largest absolute Gasteiger partial charge is 0.372 e. The first kappa shape index (κ1) is 13.7. The van der Waals surface area contributed by atoms with Crippen LogP contribution in [-0.4, -0.2) is 7.05 Å². The number of benzene rings is 2. The van der Waals surface area contributed by atoms with Gasteiger partial charge in [-0.05, 0) is 24.2 Å². The van der Waals surface area contributed by atoms with Gasteiger partial charge in [0.2, 0.25) is 0 Å². The van der Waals surface area contributed by atoms with Crippen LogP contribution in [0.15, 0.2) is 48.5 Å². The van der Waals surface area contributed by atoms with E-state index in [1.807, 2.05) is 25.2 Å². The molecule has 2 aromatic rings. The zero-order chi connectivity index (χ0) is 13.5. The fraction of sp³-hybridized carbons (Fsp3) is 0.250. The Hall–Kier alpha value is -1.71. The maximum atomic E-state index is 13.4. The van der Waals surface area contributed by atoms with Crippen molar-refractivity contribution in [2.75, 3.05) is 7.05 Å². The van der Waals surface area contributed by atoms with Gasteiger partial charge in [-0.25, -0.2) is 4.39 Å². The van der Waals surface area contributed by atoms with Crippen molar-refractivity contribution in [2.24, 2.45) is 0 Å². The summed E-state index contributed by atoms with van der Waals surface area (Å²) in [5.74, 6) is -0.216. The molecule has 0 heterocycles. The number of halogens is 1. The molecule has 0 bridgehead atoms. The molecule has 0 aliphatic rings. The van der Waals surface area contributed by atoms with E-state index in [-0.39, 0.29) is 5.82 Å². The van der Waals surface area contributed by atoms with Crippen molar-refractivity contribution in [2.45, 2.75) is 19.8 Å². The summed E-state index contributed by atoms with van der Waals surface area (Å²) in [7, 11) is 1.92. The van der Waals surface area contributed by atoms with Gasteiger partial charge < -0.3 is 10.1 Å². The van der Waals surface area contributed by atoms with E-state index < -0.39 is 0 Å². The summed E-state index contributed by atoms with van der Waals surface area (Å²) in [6.45, 7) is 1.65. The topological polar surface area (TPSA) is 21.3 Å². The minimum absolute atomic E-state index is 0.216. The van der Waals surface area contributed by atoms with Crippen molar-refractivity contribution < 1.29 is 9.13 Å². The highest BCUT2D eigenvalue weighted by Crippen LogP contribution is 2.10. The minimum atomic E-state index is -0.216. The SMILES string of the molecule is CNCc1ccc(COCc2ccccc2F)cc1. The Balaban J connectivity index is 1.84. The molecule has 19 heavy (non-hydrogen) atoms. The third-order valence-corrected chi connectivity index (χ3v) is 2.89. The molecule has 0 spiro atoms. The first-order chi connectivity index (χ1) is 9.29. The lowest BCUT2D eigenvalue weighted by atomic mass is 10.1. The summed E-state index contributed by atoms with van der Waals surface area (Å²) in [6, 6.07) is 14.9. The molecule has 0 radical (unpaired) electrons. The maximum Gasteiger partial charge on any atom is 0.128 e. The van der Waals surface area contributed by atoms with Gasteiger partial charge in [0, 0.05) is 12.1 Å². The molecule has 0 fully saturated rings. The normalized spacial score (nSPS) is 10.6. The van der Waals surface area contributed by atoms with Crippen LogP contribution in [0.3, 0.4) is 0 Å². The van der Waals surface area contributed by atoms with E-state index in [0.29, 0.717) is 18.8 Å². The molecule has 0 amide bonds. The lowest BCUT2D eigenvalue weighted by Gasteiger charge is -2.06. The van der Waals surface area contributed by atoms with Crippen molar-refractivity contribution in [1.29, 1.82) is 0 Å². The molecule has 2 nitrogen and oxygen atoms in total. The Bertz CT molecular complexity index is 510. The Morgan fingerprint density at radius 3 is 2.32 bits per heavy atom. The number of ether oxygens (including phenoxy) is 1. The van der Waals surface area contributed by atoms with Crippen LogP contribution in [0.25, 0.3) is 0 Å². The molecule has 0 atom stereocenters. The van der Waals surface area contributed by atoms with Gasteiger partial charge in [0.15, 0.2) is 0 Å². The highest BCUT2D eigenvalue weighted by Gasteiger charge is 2.01. The second-order valence-corrected chi connectivity index (χ2v) is 4.43. The minimum Gasteiger partial charge on any atom is -0.372 e. The summed E-state index contributed by atoms with van der Waals surface area (Å²) < 4.78 is 18.9. The highest BCUT2D eigenvalue weighted by molar-refractivity contribution is 5.22. The van der Waals surface area contributed by atoms with Crippen LogP contribution in [0, 0.1) is 5.82 Å². The van der Waals surface area contributed by atoms with Gasteiger partial charge in [-0.3, -0.25) is 0 Å². The molecule has 0 aromatic heterocycles. The van der Waals surface area contributed by atoms with Crippen LogP contribution in [-0.2, 0) is 24.5 Å². The van der Waals surface area contributed by atoms with Crippen LogP contribution >= 0.6 is 0 Å². The zero-order valence-electron chi connectivity index (χ0n) is 11.0. The first-order valence-electron chi connectivity index (χ1n) is 6.33. The second kappa shape index (κ2) is 7.02. The molecule has 1 N–H and O–H groups in total. The highest BCUT2D eigenvalue weighted by atomic mass is 19.1. The predicted molar refractivity (Wildman–Crippen MR) is 74.1 cm³/mol. The van der Waals surface area contributed by atoms with Crippen molar-refractivity contribution in [3.63, 3.8) is 0 Å². The van der Waals surface area contributed by atoms with Gasteiger partial charge in [-0.15, -0.1) is 0 Å². The van der Waals surface area contributed by atoms with Crippen molar-refractivity contribution in [1.82, 2.24) is 5.32 Å². The summed E-state index contributed by atoms with van der Waals surface area (Å²) in [6.07, 6.45) is 0. The van der Waals surface area contributed by atoms with Gasteiger partial charge >= 0.3 is 0 Å². The van der Waals surface area contributed by atoms with E-state index in [2.05, 4.69) is 17.4 Å². The monoisotopic (exact) mass is 259 g/mol. The molecule has 100 valence electrons. The fourth-order valence-electron chi connectivity index (χ4n) is 1.85. The molecule has 0 saturated heterocycles. The van der Waals surface area contributed by atoms with Crippen molar-refractivity contribution >= 4 is 0 Å². The Morgan fingerprint density at radius 1 is 0.947 bits per heavy atom. The van der Waals surface area contributed by atoms with Crippen molar-refractivity contribution in [3.8, 4) is 0 Å². The number of hydrogen-bond donors (Lipinski definition) is 1. The predicted octanol–water partition coefficient (Wildman–Crippen LogP) is 3.26. The fourth-order valence-corrected chi connectivity index (χ4v) is 1.85. The third-order valence-electron chi connectivity index (χ3n) is 2.89. The third kappa shape index (κ3) is 4.16. The molecule has 0 aliphatic heterocycles. The van der Waals surface area contributed by atoms with Crippen molar-refractivity contribution in [3.05, 3.63) is 71.0 Å².